The van der Waals surface area contributed by atoms with E-state index in [-0.39, 0.29) is 17.1 Å². The van der Waals surface area contributed by atoms with Crippen molar-refractivity contribution in [3.63, 3.8) is 0 Å². The van der Waals surface area contributed by atoms with E-state index < -0.39 is 17.7 Å². The Morgan fingerprint density at radius 1 is 0.969 bits per heavy atom. The molecule has 1 atom stereocenters. The number of benzene rings is 3. The predicted octanol–water partition coefficient (Wildman–Crippen LogP) is 4.94. The van der Waals surface area contributed by atoms with Crippen LogP contribution in [-0.4, -0.2) is 26.9 Å². The van der Waals surface area contributed by atoms with Gasteiger partial charge in [0.1, 0.15) is 11.5 Å². The number of hydrogen-bond acceptors (Lipinski definition) is 6. The van der Waals surface area contributed by atoms with Crippen LogP contribution in [0.2, 0.25) is 0 Å². The third kappa shape index (κ3) is 3.23. The summed E-state index contributed by atoms with van der Waals surface area (Å²) in [6.07, 6.45) is 0. The highest BCUT2D eigenvalue weighted by molar-refractivity contribution is 7.22. The van der Waals surface area contributed by atoms with E-state index in [2.05, 4.69) is 4.98 Å². The van der Waals surface area contributed by atoms with Gasteiger partial charge in [-0.3, -0.25) is 14.5 Å². The number of nitrogens with zero attached hydrogens (tertiary/aromatic N) is 2. The molecule has 5 rings (SSSR count). The molecule has 0 saturated carbocycles. The van der Waals surface area contributed by atoms with Crippen molar-refractivity contribution in [2.24, 2.45) is 0 Å². The van der Waals surface area contributed by atoms with E-state index in [1.165, 1.54) is 28.4 Å². The zero-order valence-corrected chi connectivity index (χ0v) is 17.8. The zero-order chi connectivity index (χ0) is 22.4. The van der Waals surface area contributed by atoms with Crippen LogP contribution in [0.15, 0.2) is 78.4 Å². The topological polar surface area (TPSA) is 90.7 Å². The van der Waals surface area contributed by atoms with E-state index in [0.29, 0.717) is 16.3 Å². The Bertz CT molecular complexity index is 1350. The third-order valence-corrected chi connectivity index (χ3v) is 6.50. The minimum absolute atomic E-state index is 0.0104. The number of aromatic hydroxyl groups is 1. The fourth-order valence-corrected chi connectivity index (χ4v) is 4.82. The molecule has 0 radical (unpaired) electrons. The summed E-state index contributed by atoms with van der Waals surface area (Å²) < 4.78 is 0.882. The first kappa shape index (κ1) is 20.0. The summed E-state index contributed by atoms with van der Waals surface area (Å²) in [5, 5.41) is 21.2. The molecule has 2 N–H and O–H groups in total. The van der Waals surface area contributed by atoms with Gasteiger partial charge in [-0.2, -0.15) is 0 Å². The Morgan fingerprint density at radius 2 is 1.66 bits per heavy atom. The number of hydrogen-bond donors (Lipinski definition) is 2. The van der Waals surface area contributed by atoms with Crippen molar-refractivity contribution in [2.45, 2.75) is 13.0 Å². The van der Waals surface area contributed by atoms with Crippen molar-refractivity contribution in [2.75, 3.05) is 4.90 Å². The van der Waals surface area contributed by atoms with Crippen LogP contribution in [0.5, 0.6) is 5.75 Å². The second-order valence-electron chi connectivity index (χ2n) is 7.59. The quantitative estimate of drug-likeness (QED) is 0.267. The Kier molecular flexibility index (Phi) is 4.75. The molecule has 158 valence electrons. The van der Waals surface area contributed by atoms with Crippen LogP contribution in [0.25, 0.3) is 16.0 Å². The fourth-order valence-electron chi connectivity index (χ4n) is 3.83. The number of rotatable bonds is 3. The molecule has 1 aliphatic heterocycles. The molecule has 2 heterocycles. The summed E-state index contributed by atoms with van der Waals surface area (Å²) in [4.78, 5) is 32.2. The van der Waals surface area contributed by atoms with Gasteiger partial charge in [0.25, 0.3) is 5.78 Å². The molecule has 1 saturated heterocycles. The molecule has 6 nitrogen and oxygen atoms in total. The molecule has 4 aromatic rings. The van der Waals surface area contributed by atoms with Crippen molar-refractivity contribution in [3.05, 3.63) is 95.1 Å². The predicted molar refractivity (Wildman–Crippen MR) is 124 cm³/mol. The average Bonchev–Trinajstić information content (AvgIpc) is 3.33. The first-order chi connectivity index (χ1) is 15.4. The number of Topliss-reactive ketones (excluding diaryl/α,β-unsaturated/α-hetero) is 1. The lowest BCUT2D eigenvalue weighted by molar-refractivity contribution is -0.132. The van der Waals surface area contributed by atoms with Gasteiger partial charge in [0, 0.05) is 5.56 Å². The van der Waals surface area contributed by atoms with Crippen molar-refractivity contribution < 1.29 is 19.8 Å². The number of carbonyl (C=O) groups excluding carboxylic acids is 2. The van der Waals surface area contributed by atoms with E-state index in [1.54, 1.807) is 24.3 Å². The van der Waals surface area contributed by atoms with Gasteiger partial charge < -0.3 is 10.2 Å². The Labute approximate surface area is 187 Å². The smallest absolute Gasteiger partial charge is 0.301 e. The fraction of sp³-hybridized carbons (Fsp3) is 0.0800. The van der Waals surface area contributed by atoms with Crippen LogP contribution in [0.1, 0.15) is 22.7 Å². The Morgan fingerprint density at radius 3 is 2.34 bits per heavy atom. The van der Waals surface area contributed by atoms with Gasteiger partial charge in [-0.25, -0.2) is 4.98 Å². The minimum atomic E-state index is -0.877. The van der Waals surface area contributed by atoms with Gasteiger partial charge in [0.15, 0.2) is 5.13 Å². The molecular weight excluding hydrogens is 424 g/mol. The molecule has 1 fully saturated rings. The number of anilines is 1. The van der Waals surface area contributed by atoms with Crippen LogP contribution in [0.4, 0.5) is 5.13 Å². The van der Waals surface area contributed by atoms with E-state index in [1.807, 2.05) is 43.3 Å². The second kappa shape index (κ2) is 7.62. The number of aromatic nitrogens is 1. The summed E-state index contributed by atoms with van der Waals surface area (Å²) >= 11 is 1.30. The Hall–Kier alpha value is -3.97. The molecule has 1 amide bonds. The molecule has 0 aliphatic carbocycles. The molecular formula is C25H18N2O4S. The average molecular weight is 442 g/mol. The highest BCUT2D eigenvalue weighted by Gasteiger charge is 2.48. The molecule has 1 aliphatic rings. The van der Waals surface area contributed by atoms with Gasteiger partial charge in [-0.05, 0) is 36.8 Å². The lowest BCUT2D eigenvalue weighted by Gasteiger charge is -2.23. The number of fused-ring (bicyclic) bond motifs is 1. The number of carbonyl (C=O) groups is 2. The van der Waals surface area contributed by atoms with Crippen LogP contribution in [-0.2, 0) is 9.59 Å². The molecule has 7 heteroatoms. The first-order valence-electron chi connectivity index (χ1n) is 9.96. The summed E-state index contributed by atoms with van der Waals surface area (Å²) in [5.74, 6) is -1.72. The SMILES string of the molecule is Cc1ccc(C(O)=C2C(=O)C(=O)N(c3nc4ccccc4s3)[C@@H]2c2ccc(O)cc2)cc1. The number of aryl methyl sites for hydroxylation is 1. The van der Waals surface area contributed by atoms with Crippen molar-refractivity contribution in [1.29, 1.82) is 0 Å². The van der Waals surface area contributed by atoms with Gasteiger partial charge in [0.2, 0.25) is 0 Å². The summed E-state index contributed by atoms with van der Waals surface area (Å²) in [6.45, 7) is 1.92. The molecule has 3 aromatic carbocycles. The van der Waals surface area contributed by atoms with Gasteiger partial charge >= 0.3 is 5.91 Å². The maximum atomic E-state index is 13.2. The van der Waals surface area contributed by atoms with Crippen molar-refractivity contribution in [1.82, 2.24) is 4.98 Å². The standard InChI is InChI=1S/C25H18N2O4S/c1-14-6-8-16(9-7-14)22(29)20-21(15-10-12-17(28)13-11-15)27(24(31)23(20)30)25-26-18-4-2-3-5-19(18)32-25/h2-13,21,28-29H,1H3/t21-/m1/s1. The highest BCUT2D eigenvalue weighted by Crippen LogP contribution is 2.44. The number of phenolic OH excluding ortho intramolecular Hbond substituents is 1. The van der Waals surface area contributed by atoms with E-state index >= 15 is 0 Å². The van der Waals surface area contributed by atoms with Crippen LogP contribution < -0.4 is 4.90 Å². The molecule has 0 spiro atoms. The monoisotopic (exact) mass is 442 g/mol. The first-order valence-corrected chi connectivity index (χ1v) is 10.8. The maximum Gasteiger partial charge on any atom is 0.301 e. The maximum absolute atomic E-state index is 13.2. The number of aliphatic hydroxyl groups excluding tert-OH is 1. The lowest BCUT2D eigenvalue weighted by atomic mass is 9.95. The highest BCUT2D eigenvalue weighted by atomic mass is 32.1. The van der Waals surface area contributed by atoms with Gasteiger partial charge in [0.05, 0.1) is 21.8 Å². The van der Waals surface area contributed by atoms with Crippen LogP contribution in [0.3, 0.4) is 0 Å². The van der Waals surface area contributed by atoms with Crippen LogP contribution >= 0.6 is 11.3 Å². The molecule has 32 heavy (non-hydrogen) atoms. The van der Waals surface area contributed by atoms with E-state index in [0.717, 1.165) is 15.8 Å². The number of ketones is 1. The largest absolute Gasteiger partial charge is 0.508 e. The van der Waals surface area contributed by atoms with Crippen LogP contribution in [0, 0.1) is 6.92 Å². The lowest BCUT2D eigenvalue weighted by Crippen LogP contribution is -2.29. The zero-order valence-electron chi connectivity index (χ0n) is 17.0. The minimum Gasteiger partial charge on any atom is -0.508 e. The molecule has 1 aromatic heterocycles. The molecule has 0 bridgehead atoms. The summed E-state index contributed by atoms with van der Waals surface area (Å²) in [5.41, 5.74) is 2.74. The number of thiazole rings is 1. The third-order valence-electron chi connectivity index (χ3n) is 5.47. The van der Waals surface area contributed by atoms with E-state index in [9.17, 15) is 19.8 Å². The van der Waals surface area contributed by atoms with Crippen molar-refractivity contribution in [3.8, 4) is 5.75 Å². The summed E-state index contributed by atoms with van der Waals surface area (Å²) in [6, 6.07) is 19.9. The summed E-state index contributed by atoms with van der Waals surface area (Å²) in [7, 11) is 0. The Balaban J connectivity index is 1.73. The normalized spacial score (nSPS) is 17.9. The number of aliphatic hydroxyl groups is 1. The van der Waals surface area contributed by atoms with E-state index in [4.69, 9.17) is 0 Å². The van der Waals surface area contributed by atoms with Gasteiger partial charge in [-0.15, -0.1) is 0 Å². The number of para-hydroxylation sites is 1. The second-order valence-corrected chi connectivity index (χ2v) is 8.60. The van der Waals surface area contributed by atoms with Gasteiger partial charge in [-0.1, -0.05) is 65.4 Å². The number of amides is 1. The number of phenols is 1. The van der Waals surface area contributed by atoms with Crippen molar-refractivity contribution >= 4 is 44.1 Å². The molecule has 0 unspecified atom stereocenters.